The van der Waals surface area contributed by atoms with Gasteiger partial charge in [0.2, 0.25) is 5.91 Å². The van der Waals surface area contributed by atoms with Gasteiger partial charge in [0.05, 0.1) is 0 Å². The Morgan fingerprint density at radius 1 is 1.35 bits per heavy atom. The third-order valence-corrected chi connectivity index (χ3v) is 4.45. The van der Waals surface area contributed by atoms with E-state index in [9.17, 15) is 4.79 Å². The standard InChI is InChI=1S/C16H23N3O/c1-18(12-7-8-12)10-9-17-14-11-16(20)19(2)15-6-4-3-5-13(14)15/h3-6,12,14,17H,7-11H2,1-2H3. The molecule has 1 fully saturated rings. The summed E-state index contributed by atoms with van der Waals surface area (Å²) in [5.41, 5.74) is 2.28. The maximum atomic E-state index is 12.1. The summed E-state index contributed by atoms with van der Waals surface area (Å²) in [4.78, 5) is 16.2. The van der Waals surface area contributed by atoms with Crippen molar-refractivity contribution in [2.75, 3.05) is 32.1 Å². The molecule has 1 atom stereocenters. The van der Waals surface area contributed by atoms with Crippen LogP contribution in [0.4, 0.5) is 5.69 Å². The number of para-hydroxylation sites is 1. The van der Waals surface area contributed by atoms with Crippen molar-refractivity contribution in [1.29, 1.82) is 0 Å². The van der Waals surface area contributed by atoms with Gasteiger partial charge in [0.15, 0.2) is 0 Å². The normalized spacial score (nSPS) is 22.2. The first-order valence-electron chi connectivity index (χ1n) is 7.46. The molecule has 4 nitrogen and oxygen atoms in total. The molecular weight excluding hydrogens is 250 g/mol. The maximum absolute atomic E-state index is 12.1. The summed E-state index contributed by atoms with van der Waals surface area (Å²) in [7, 11) is 4.05. The van der Waals surface area contributed by atoms with E-state index < -0.39 is 0 Å². The molecule has 1 saturated carbocycles. The fourth-order valence-electron chi connectivity index (χ4n) is 2.94. The third-order valence-electron chi connectivity index (χ3n) is 4.45. The summed E-state index contributed by atoms with van der Waals surface area (Å²) in [6.45, 7) is 1.98. The monoisotopic (exact) mass is 273 g/mol. The number of hydrogen-bond donors (Lipinski definition) is 1. The number of nitrogens with zero attached hydrogens (tertiary/aromatic N) is 2. The zero-order valence-corrected chi connectivity index (χ0v) is 12.3. The Labute approximate surface area is 120 Å². The lowest BCUT2D eigenvalue weighted by Gasteiger charge is -2.32. The predicted octanol–water partition coefficient (Wildman–Crippen LogP) is 1.78. The van der Waals surface area contributed by atoms with E-state index in [4.69, 9.17) is 0 Å². The van der Waals surface area contributed by atoms with Crippen LogP contribution in [0.25, 0.3) is 0 Å². The molecular formula is C16H23N3O. The van der Waals surface area contributed by atoms with Gasteiger partial charge in [0, 0.05) is 44.3 Å². The summed E-state index contributed by atoms with van der Waals surface area (Å²) in [5.74, 6) is 0.191. The minimum atomic E-state index is 0.155. The molecule has 0 bridgehead atoms. The fourth-order valence-corrected chi connectivity index (χ4v) is 2.94. The Balaban J connectivity index is 1.64. The highest BCUT2D eigenvalue weighted by molar-refractivity contribution is 5.96. The molecule has 20 heavy (non-hydrogen) atoms. The number of carbonyl (C=O) groups is 1. The molecule has 1 aromatic carbocycles. The molecule has 0 aromatic heterocycles. The van der Waals surface area contributed by atoms with Crippen LogP contribution in [0.2, 0.25) is 0 Å². The van der Waals surface area contributed by atoms with Crippen molar-refractivity contribution in [2.45, 2.75) is 31.3 Å². The molecule has 1 heterocycles. The molecule has 3 rings (SSSR count). The lowest BCUT2D eigenvalue weighted by Crippen LogP contribution is -2.40. The quantitative estimate of drug-likeness (QED) is 0.888. The van der Waals surface area contributed by atoms with Gasteiger partial charge in [-0.2, -0.15) is 0 Å². The van der Waals surface area contributed by atoms with Crippen LogP contribution in [0.1, 0.15) is 30.9 Å². The highest BCUT2D eigenvalue weighted by Gasteiger charge is 2.29. The fraction of sp³-hybridized carbons (Fsp3) is 0.562. The van der Waals surface area contributed by atoms with E-state index in [1.165, 1.54) is 18.4 Å². The van der Waals surface area contributed by atoms with Gasteiger partial charge in [-0.3, -0.25) is 4.79 Å². The Morgan fingerprint density at radius 3 is 2.85 bits per heavy atom. The number of benzene rings is 1. The first-order valence-corrected chi connectivity index (χ1v) is 7.46. The van der Waals surface area contributed by atoms with E-state index in [0.29, 0.717) is 6.42 Å². The van der Waals surface area contributed by atoms with Crippen LogP contribution >= 0.6 is 0 Å². The van der Waals surface area contributed by atoms with E-state index >= 15 is 0 Å². The number of amides is 1. The van der Waals surface area contributed by atoms with Crippen molar-refractivity contribution in [2.24, 2.45) is 0 Å². The number of rotatable bonds is 5. The number of carbonyl (C=O) groups excluding carboxylic acids is 1. The Morgan fingerprint density at radius 2 is 2.10 bits per heavy atom. The topological polar surface area (TPSA) is 35.6 Å². The van der Waals surface area contributed by atoms with Crippen LogP contribution < -0.4 is 10.2 Å². The molecule has 4 heteroatoms. The van der Waals surface area contributed by atoms with Crippen molar-refractivity contribution < 1.29 is 4.79 Å². The predicted molar refractivity (Wildman–Crippen MR) is 80.9 cm³/mol. The van der Waals surface area contributed by atoms with Crippen molar-refractivity contribution >= 4 is 11.6 Å². The Hall–Kier alpha value is -1.39. The molecule has 2 aliphatic rings. The molecule has 1 N–H and O–H groups in total. The van der Waals surface area contributed by atoms with Crippen LogP contribution in [0, 0.1) is 0 Å². The van der Waals surface area contributed by atoms with E-state index in [0.717, 1.165) is 24.8 Å². The van der Waals surface area contributed by atoms with E-state index in [1.807, 2.05) is 25.2 Å². The van der Waals surface area contributed by atoms with Gasteiger partial charge in [-0.1, -0.05) is 18.2 Å². The lowest BCUT2D eigenvalue weighted by atomic mass is 9.96. The van der Waals surface area contributed by atoms with Gasteiger partial charge in [-0.25, -0.2) is 0 Å². The van der Waals surface area contributed by atoms with Crippen molar-refractivity contribution in [3.05, 3.63) is 29.8 Å². The summed E-state index contributed by atoms with van der Waals surface area (Å²) >= 11 is 0. The molecule has 0 spiro atoms. The molecule has 1 aliphatic carbocycles. The summed E-state index contributed by atoms with van der Waals surface area (Å²) in [6.07, 6.45) is 3.23. The molecule has 1 aliphatic heterocycles. The zero-order valence-electron chi connectivity index (χ0n) is 12.3. The van der Waals surface area contributed by atoms with Crippen LogP contribution in [0.5, 0.6) is 0 Å². The number of nitrogens with one attached hydrogen (secondary N) is 1. The van der Waals surface area contributed by atoms with Crippen LogP contribution in [-0.2, 0) is 4.79 Å². The number of hydrogen-bond acceptors (Lipinski definition) is 3. The Bertz CT molecular complexity index is 498. The summed E-state index contributed by atoms with van der Waals surface area (Å²) < 4.78 is 0. The van der Waals surface area contributed by atoms with Gasteiger partial charge in [-0.15, -0.1) is 0 Å². The van der Waals surface area contributed by atoms with Crippen molar-refractivity contribution in [3.63, 3.8) is 0 Å². The Kier molecular flexibility index (Phi) is 3.76. The van der Waals surface area contributed by atoms with Crippen molar-refractivity contribution in [1.82, 2.24) is 10.2 Å². The second-order valence-corrected chi connectivity index (χ2v) is 5.93. The smallest absolute Gasteiger partial charge is 0.228 e. The summed E-state index contributed by atoms with van der Waals surface area (Å²) in [5, 5.41) is 3.55. The van der Waals surface area contributed by atoms with Gasteiger partial charge in [0.25, 0.3) is 0 Å². The molecule has 0 saturated heterocycles. The van der Waals surface area contributed by atoms with Crippen molar-refractivity contribution in [3.8, 4) is 0 Å². The second-order valence-electron chi connectivity index (χ2n) is 5.93. The first kappa shape index (κ1) is 13.6. The number of fused-ring (bicyclic) bond motifs is 1. The van der Waals surface area contributed by atoms with E-state index in [1.54, 1.807) is 4.90 Å². The third kappa shape index (κ3) is 2.72. The van der Waals surface area contributed by atoms with Crippen LogP contribution in [0.3, 0.4) is 0 Å². The molecule has 108 valence electrons. The minimum Gasteiger partial charge on any atom is -0.315 e. The summed E-state index contributed by atoms with van der Waals surface area (Å²) in [6, 6.07) is 9.14. The van der Waals surface area contributed by atoms with E-state index in [2.05, 4.69) is 23.3 Å². The highest BCUT2D eigenvalue weighted by atomic mass is 16.2. The van der Waals surface area contributed by atoms with Gasteiger partial charge in [-0.05, 0) is 31.5 Å². The number of anilines is 1. The highest BCUT2D eigenvalue weighted by Crippen LogP contribution is 2.33. The molecule has 1 aromatic rings. The number of likely N-dealkylation sites (N-methyl/N-ethyl adjacent to an activating group) is 1. The second kappa shape index (κ2) is 5.54. The zero-order chi connectivity index (χ0) is 14.1. The average molecular weight is 273 g/mol. The van der Waals surface area contributed by atoms with Gasteiger partial charge in [0.1, 0.15) is 0 Å². The first-order chi connectivity index (χ1) is 9.66. The van der Waals surface area contributed by atoms with Gasteiger partial charge >= 0.3 is 0 Å². The minimum absolute atomic E-state index is 0.155. The van der Waals surface area contributed by atoms with Crippen LogP contribution in [0.15, 0.2) is 24.3 Å². The maximum Gasteiger partial charge on any atom is 0.228 e. The van der Waals surface area contributed by atoms with E-state index in [-0.39, 0.29) is 11.9 Å². The lowest BCUT2D eigenvalue weighted by molar-refractivity contribution is -0.119. The molecule has 0 radical (unpaired) electrons. The largest absolute Gasteiger partial charge is 0.315 e. The van der Waals surface area contributed by atoms with Crippen LogP contribution in [-0.4, -0.2) is 44.0 Å². The average Bonchev–Trinajstić information content (AvgIpc) is 3.28. The molecule has 1 amide bonds. The van der Waals surface area contributed by atoms with Gasteiger partial charge < -0.3 is 15.1 Å². The molecule has 1 unspecified atom stereocenters. The SMILES string of the molecule is CN1C(=O)CC(NCCN(C)C2CC2)c2ccccc21.